The summed E-state index contributed by atoms with van der Waals surface area (Å²) >= 11 is 0. The van der Waals surface area contributed by atoms with Crippen LogP contribution in [0.25, 0.3) is 0 Å². The molecule has 0 aromatic heterocycles. The Morgan fingerprint density at radius 2 is 2.29 bits per heavy atom. The largest absolute Gasteiger partial charge is 0.353 e. The van der Waals surface area contributed by atoms with Gasteiger partial charge in [-0.2, -0.15) is 0 Å². The molecule has 2 N–H and O–H groups in total. The van der Waals surface area contributed by atoms with E-state index >= 15 is 0 Å². The highest BCUT2D eigenvalue weighted by Gasteiger charge is 2.42. The quantitative estimate of drug-likeness (QED) is 0.813. The monoisotopic (exact) mass is 260 g/mol. The van der Waals surface area contributed by atoms with Gasteiger partial charge in [0.25, 0.3) is 0 Å². The van der Waals surface area contributed by atoms with Crippen LogP contribution in [0.2, 0.25) is 0 Å². The fourth-order valence-corrected chi connectivity index (χ4v) is 2.71. The van der Waals surface area contributed by atoms with Crippen molar-refractivity contribution in [3.05, 3.63) is 0 Å². The van der Waals surface area contributed by atoms with E-state index in [0.29, 0.717) is 6.04 Å². The van der Waals surface area contributed by atoms with E-state index in [4.69, 9.17) is 0 Å². The van der Waals surface area contributed by atoms with Crippen LogP contribution >= 0.6 is 12.4 Å². The third-order valence-corrected chi connectivity index (χ3v) is 4.04. The fourth-order valence-electron chi connectivity index (χ4n) is 2.71. The van der Waals surface area contributed by atoms with Crippen LogP contribution in [-0.2, 0) is 4.79 Å². The number of carbonyl (C=O) groups excluding carboxylic acids is 1. The zero-order chi connectivity index (χ0) is 11.6. The topological polar surface area (TPSA) is 41.1 Å². The molecule has 0 spiro atoms. The normalized spacial score (nSPS) is 35.9. The van der Waals surface area contributed by atoms with E-state index in [1.807, 2.05) is 0 Å². The van der Waals surface area contributed by atoms with Gasteiger partial charge in [-0.25, -0.2) is 0 Å². The van der Waals surface area contributed by atoms with Crippen LogP contribution in [0.3, 0.4) is 0 Å². The lowest BCUT2D eigenvalue weighted by molar-refractivity contribution is -0.131. The van der Waals surface area contributed by atoms with E-state index < -0.39 is 0 Å². The lowest BCUT2D eigenvalue weighted by atomic mass is 9.82. The third kappa shape index (κ3) is 3.59. The molecule has 4 heteroatoms. The third-order valence-electron chi connectivity index (χ3n) is 4.04. The Labute approximate surface area is 111 Å². The van der Waals surface area contributed by atoms with Crippen molar-refractivity contribution < 1.29 is 4.79 Å². The summed E-state index contributed by atoms with van der Waals surface area (Å²) in [6.07, 6.45) is 5.84. The maximum atomic E-state index is 12.2. The SMILES string of the molecule is CCCC1CC1NC(=O)C1(C)CCCNC1.Cl. The highest BCUT2D eigenvalue weighted by Crippen LogP contribution is 2.36. The molecule has 1 saturated carbocycles. The van der Waals surface area contributed by atoms with Crippen LogP contribution in [0.15, 0.2) is 0 Å². The van der Waals surface area contributed by atoms with E-state index in [0.717, 1.165) is 31.8 Å². The van der Waals surface area contributed by atoms with Gasteiger partial charge in [-0.3, -0.25) is 4.79 Å². The van der Waals surface area contributed by atoms with Crippen molar-refractivity contribution in [1.82, 2.24) is 10.6 Å². The van der Waals surface area contributed by atoms with Crippen LogP contribution in [0.5, 0.6) is 0 Å². The van der Waals surface area contributed by atoms with Gasteiger partial charge >= 0.3 is 0 Å². The number of hydrogen-bond acceptors (Lipinski definition) is 2. The van der Waals surface area contributed by atoms with Crippen LogP contribution < -0.4 is 10.6 Å². The molecule has 1 saturated heterocycles. The van der Waals surface area contributed by atoms with E-state index in [1.54, 1.807) is 0 Å². The molecule has 0 radical (unpaired) electrons. The summed E-state index contributed by atoms with van der Waals surface area (Å²) in [7, 11) is 0. The van der Waals surface area contributed by atoms with E-state index in [9.17, 15) is 4.79 Å². The van der Waals surface area contributed by atoms with Crippen molar-refractivity contribution in [2.75, 3.05) is 13.1 Å². The second kappa shape index (κ2) is 6.05. The molecule has 17 heavy (non-hydrogen) atoms. The molecule has 1 amide bonds. The zero-order valence-corrected chi connectivity index (χ0v) is 11.7. The number of nitrogens with one attached hydrogen (secondary N) is 2. The molecule has 3 unspecified atom stereocenters. The zero-order valence-electron chi connectivity index (χ0n) is 10.9. The molecule has 0 aromatic rings. The number of hydrogen-bond donors (Lipinski definition) is 2. The Kier molecular flexibility index (Phi) is 5.26. The molecule has 1 aliphatic heterocycles. The van der Waals surface area contributed by atoms with Crippen molar-refractivity contribution in [3.63, 3.8) is 0 Å². The Morgan fingerprint density at radius 1 is 1.53 bits per heavy atom. The second-order valence-electron chi connectivity index (χ2n) is 5.71. The second-order valence-corrected chi connectivity index (χ2v) is 5.71. The van der Waals surface area contributed by atoms with Gasteiger partial charge in [-0.15, -0.1) is 12.4 Å². The highest BCUT2D eigenvalue weighted by molar-refractivity contribution is 5.85. The van der Waals surface area contributed by atoms with Gasteiger partial charge < -0.3 is 10.6 Å². The van der Waals surface area contributed by atoms with E-state index in [-0.39, 0.29) is 23.7 Å². The molecule has 2 rings (SSSR count). The summed E-state index contributed by atoms with van der Waals surface area (Å²) in [5, 5.41) is 6.55. The number of amides is 1. The molecular formula is C13H25ClN2O. The maximum Gasteiger partial charge on any atom is 0.227 e. The molecule has 2 aliphatic rings. The van der Waals surface area contributed by atoms with Crippen LogP contribution in [0.4, 0.5) is 0 Å². The molecule has 100 valence electrons. The minimum atomic E-state index is -0.169. The summed E-state index contributed by atoms with van der Waals surface area (Å²) < 4.78 is 0. The Balaban J connectivity index is 0.00000144. The highest BCUT2D eigenvalue weighted by atomic mass is 35.5. The smallest absolute Gasteiger partial charge is 0.227 e. The number of rotatable bonds is 4. The predicted octanol–water partition coefficient (Wildman–Crippen LogP) is 2.10. The molecule has 3 atom stereocenters. The van der Waals surface area contributed by atoms with Gasteiger partial charge in [-0.1, -0.05) is 13.3 Å². The fraction of sp³-hybridized carbons (Fsp3) is 0.923. The van der Waals surface area contributed by atoms with Crippen LogP contribution in [0, 0.1) is 11.3 Å². The van der Waals surface area contributed by atoms with Gasteiger partial charge in [0.2, 0.25) is 5.91 Å². The lowest BCUT2D eigenvalue weighted by Crippen LogP contribution is -2.49. The van der Waals surface area contributed by atoms with Gasteiger partial charge in [-0.05, 0) is 45.1 Å². The molecule has 0 bridgehead atoms. The number of piperidine rings is 1. The Bertz CT molecular complexity index is 264. The van der Waals surface area contributed by atoms with Crippen molar-refractivity contribution >= 4 is 18.3 Å². The van der Waals surface area contributed by atoms with Crippen molar-refractivity contribution in [3.8, 4) is 0 Å². The summed E-state index contributed by atoms with van der Waals surface area (Å²) in [4.78, 5) is 12.2. The Morgan fingerprint density at radius 3 is 2.88 bits per heavy atom. The first-order valence-corrected chi connectivity index (χ1v) is 6.67. The van der Waals surface area contributed by atoms with Crippen LogP contribution in [-0.4, -0.2) is 25.0 Å². The molecular weight excluding hydrogens is 236 g/mol. The standard InChI is InChI=1S/C13H24N2O.ClH/c1-3-5-10-8-11(10)15-12(16)13(2)6-4-7-14-9-13;/h10-11,14H,3-9H2,1-2H3,(H,15,16);1H. The molecule has 1 aliphatic carbocycles. The average molecular weight is 261 g/mol. The van der Waals surface area contributed by atoms with Crippen molar-refractivity contribution in [2.24, 2.45) is 11.3 Å². The number of carbonyl (C=O) groups is 1. The molecule has 0 aromatic carbocycles. The van der Waals surface area contributed by atoms with E-state index in [1.165, 1.54) is 19.3 Å². The average Bonchev–Trinajstić information content (AvgIpc) is 2.98. The maximum absolute atomic E-state index is 12.2. The molecule has 3 nitrogen and oxygen atoms in total. The summed E-state index contributed by atoms with van der Waals surface area (Å²) in [6.45, 7) is 6.20. The van der Waals surface area contributed by atoms with Gasteiger partial charge in [0.05, 0.1) is 5.41 Å². The Hall–Kier alpha value is -0.280. The first-order chi connectivity index (χ1) is 7.65. The molecule has 1 heterocycles. The summed E-state index contributed by atoms with van der Waals surface area (Å²) in [5.74, 6) is 1.03. The minimum absolute atomic E-state index is 0. The van der Waals surface area contributed by atoms with Crippen LogP contribution in [0.1, 0.15) is 46.0 Å². The van der Waals surface area contributed by atoms with Gasteiger partial charge in [0.15, 0.2) is 0 Å². The summed E-state index contributed by atoms with van der Waals surface area (Å²) in [5.41, 5.74) is -0.169. The van der Waals surface area contributed by atoms with Gasteiger partial charge in [0.1, 0.15) is 0 Å². The molecule has 2 fully saturated rings. The van der Waals surface area contributed by atoms with Crippen molar-refractivity contribution in [2.45, 2.75) is 52.0 Å². The van der Waals surface area contributed by atoms with Crippen molar-refractivity contribution in [1.29, 1.82) is 0 Å². The van der Waals surface area contributed by atoms with E-state index in [2.05, 4.69) is 24.5 Å². The summed E-state index contributed by atoms with van der Waals surface area (Å²) in [6, 6.07) is 0.478. The number of halogens is 1. The minimum Gasteiger partial charge on any atom is -0.353 e. The lowest BCUT2D eigenvalue weighted by Gasteiger charge is -2.32. The van der Waals surface area contributed by atoms with Gasteiger partial charge in [0, 0.05) is 12.6 Å². The first kappa shape index (κ1) is 14.8. The predicted molar refractivity (Wildman–Crippen MR) is 72.4 cm³/mol. The first-order valence-electron chi connectivity index (χ1n) is 6.67.